The van der Waals surface area contributed by atoms with Gasteiger partial charge in [-0.25, -0.2) is 9.36 Å². The third-order valence-corrected chi connectivity index (χ3v) is 6.53. The van der Waals surface area contributed by atoms with Gasteiger partial charge in [0.05, 0.1) is 11.7 Å². The number of aromatic amines is 2. The largest absolute Gasteiger partial charge is 0.494 e. The number of aryl methyl sites for hydroxylation is 2. The highest BCUT2D eigenvalue weighted by Crippen LogP contribution is 2.39. The highest BCUT2D eigenvalue weighted by molar-refractivity contribution is 5.85. The third kappa shape index (κ3) is 3.00. The summed E-state index contributed by atoms with van der Waals surface area (Å²) in [6.07, 6.45) is 0.846. The van der Waals surface area contributed by atoms with Crippen molar-refractivity contribution in [3.05, 3.63) is 91.3 Å². The van der Waals surface area contributed by atoms with E-state index >= 15 is 0 Å². The van der Waals surface area contributed by atoms with Gasteiger partial charge in [0.25, 0.3) is 5.56 Å². The Morgan fingerprint density at radius 3 is 2.62 bits per heavy atom. The van der Waals surface area contributed by atoms with Gasteiger partial charge in [0.15, 0.2) is 0 Å². The molecular formula is C25H26N4O3. The molecule has 32 heavy (non-hydrogen) atoms. The zero-order valence-corrected chi connectivity index (χ0v) is 18.4. The van der Waals surface area contributed by atoms with Crippen molar-refractivity contribution < 1.29 is 5.11 Å². The predicted molar refractivity (Wildman–Crippen MR) is 125 cm³/mol. The van der Waals surface area contributed by atoms with Crippen LogP contribution in [0.3, 0.4) is 0 Å². The van der Waals surface area contributed by atoms with Crippen LogP contribution in [-0.2, 0) is 6.42 Å². The number of fused-ring (bicyclic) bond motifs is 3. The van der Waals surface area contributed by atoms with Crippen molar-refractivity contribution in [2.45, 2.75) is 33.2 Å². The summed E-state index contributed by atoms with van der Waals surface area (Å²) in [4.78, 5) is 34.0. The number of rotatable bonds is 3. The smallest absolute Gasteiger partial charge is 0.335 e. The predicted octanol–water partition coefficient (Wildman–Crippen LogP) is 3.30. The number of para-hydroxylation sites is 1. The fourth-order valence-corrected chi connectivity index (χ4v) is 5.02. The Morgan fingerprint density at radius 2 is 1.88 bits per heavy atom. The van der Waals surface area contributed by atoms with Crippen molar-refractivity contribution in [2.24, 2.45) is 0 Å². The topological polar surface area (TPSA) is 94.1 Å². The number of nitrogens with zero attached hydrogens (tertiary/aromatic N) is 2. The molecule has 5 rings (SSSR count). The highest BCUT2D eigenvalue weighted by atomic mass is 16.3. The normalized spacial score (nSPS) is 16.4. The number of benzene rings is 2. The van der Waals surface area contributed by atoms with Crippen molar-refractivity contribution in [1.82, 2.24) is 19.4 Å². The van der Waals surface area contributed by atoms with Crippen LogP contribution in [0.4, 0.5) is 0 Å². The molecule has 1 atom stereocenters. The van der Waals surface area contributed by atoms with Crippen LogP contribution < -0.4 is 11.2 Å². The Kier molecular flexibility index (Phi) is 4.78. The Balaban J connectivity index is 1.80. The lowest BCUT2D eigenvalue weighted by molar-refractivity contribution is 0.215. The minimum absolute atomic E-state index is 0.180. The molecule has 0 saturated carbocycles. The van der Waals surface area contributed by atoms with Crippen molar-refractivity contribution in [1.29, 1.82) is 0 Å². The lowest BCUT2D eigenvalue weighted by atomic mass is 9.93. The van der Waals surface area contributed by atoms with Gasteiger partial charge in [-0.3, -0.25) is 14.7 Å². The Morgan fingerprint density at radius 1 is 1.09 bits per heavy atom. The van der Waals surface area contributed by atoms with E-state index in [9.17, 15) is 14.7 Å². The first-order valence-corrected chi connectivity index (χ1v) is 10.9. The Labute approximate surface area is 185 Å². The van der Waals surface area contributed by atoms with Gasteiger partial charge in [0, 0.05) is 23.1 Å². The average Bonchev–Trinajstić information content (AvgIpc) is 3.14. The molecule has 0 radical (unpaired) electrons. The first-order chi connectivity index (χ1) is 15.4. The number of nitrogens with one attached hydrogen (secondary N) is 2. The van der Waals surface area contributed by atoms with E-state index in [4.69, 9.17) is 0 Å². The van der Waals surface area contributed by atoms with E-state index in [-0.39, 0.29) is 11.4 Å². The van der Waals surface area contributed by atoms with E-state index in [0.29, 0.717) is 12.2 Å². The van der Waals surface area contributed by atoms with Crippen LogP contribution in [0.5, 0.6) is 5.88 Å². The summed E-state index contributed by atoms with van der Waals surface area (Å²) in [5, 5.41) is 12.5. The molecule has 0 amide bonds. The van der Waals surface area contributed by atoms with E-state index in [0.717, 1.165) is 46.3 Å². The first kappa shape index (κ1) is 20.3. The summed E-state index contributed by atoms with van der Waals surface area (Å²) >= 11 is 0. The summed E-state index contributed by atoms with van der Waals surface area (Å²) in [5.41, 5.74) is 4.44. The second-order valence-electron chi connectivity index (χ2n) is 8.47. The van der Waals surface area contributed by atoms with E-state index in [2.05, 4.69) is 20.9 Å². The van der Waals surface area contributed by atoms with Gasteiger partial charge in [0.2, 0.25) is 5.88 Å². The maximum atomic E-state index is 13.1. The molecule has 1 aliphatic rings. The molecule has 164 valence electrons. The maximum absolute atomic E-state index is 13.1. The summed E-state index contributed by atoms with van der Waals surface area (Å²) in [6, 6.07) is 13.2. The lowest BCUT2D eigenvalue weighted by Gasteiger charge is -2.35. The van der Waals surface area contributed by atoms with Gasteiger partial charge in [-0.1, -0.05) is 42.8 Å². The zero-order valence-electron chi connectivity index (χ0n) is 18.4. The molecular weight excluding hydrogens is 404 g/mol. The highest BCUT2D eigenvalue weighted by Gasteiger charge is 2.35. The second kappa shape index (κ2) is 7.53. The van der Waals surface area contributed by atoms with Gasteiger partial charge in [-0.05, 0) is 50.1 Å². The maximum Gasteiger partial charge on any atom is 0.335 e. The van der Waals surface area contributed by atoms with Crippen molar-refractivity contribution >= 4 is 10.9 Å². The minimum atomic E-state index is -0.654. The van der Waals surface area contributed by atoms with Crippen LogP contribution in [0.15, 0.2) is 52.1 Å². The number of likely N-dealkylation sites (N-methyl/N-ethyl adjacent to an activating group) is 1. The van der Waals surface area contributed by atoms with Crippen LogP contribution >= 0.6 is 0 Å². The van der Waals surface area contributed by atoms with Crippen LogP contribution in [0.2, 0.25) is 0 Å². The van der Waals surface area contributed by atoms with Gasteiger partial charge < -0.3 is 10.1 Å². The summed E-state index contributed by atoms with van der Waals surface area (Å²) in [5.74, 6) is -0.319. The number of aromatic nitrogens is 3. The van der Waals surface area contributed by atoms with Gasteiger partial charge in [-0.2, -0.15) is 0 Å². The second-order valence-corrected chi connectivity index (χ2v) is 8.47. The van der Waals surface area contributed by atoms with E-state index in [1.807, 2.05) is 51.1 Å². The minimum Gasteiger partial charge on any atom is -0.494 e. The van der Waals surface area contributed by atoms with Crippen LogP contribution in [-0.4, -0.2) is 37.6 Å². The van der Waals surface area contributed by atoms with Crippen LogP contribution in [0.1, 0.15) is 40.9 Å². The number of aromatic hydroxyl groups is 1. The van der Waals surface area contributed by atoms with Gasteiger partial charge in [-0.15, -0.1) is 0 Å². The molecule has 2 aromatic carbocycles. The number of hydrogen-bond donors (Lipinski definition) is 3. The van der Waals surface area contributed by atoms with Crippen molar-refractivity contribution in [2.75, 3.05) is 13.1 Å². The van der Waals surface area contributed by atoms with Crippen LogP contribution in [0, 0.1) is 13.8 Å². The van der Waals surface area contributed by atoms with Crippen molar-refractivity contribution in [3.63, 3.8) is 0 Å². The molecule has 2 aromatic heterocycles. The van der Waals surface area contributed by atoms with Crippen LogP contribution in [0.25, 0.3) is 16.6 Å². The Bertz CT molecular complexity index is 1460. The Hall–Kier alpha value is -3.58. The first-order valence-electron chi connectivity index (χ1n) is 10.9. The number of H-pyrrole nitrogens is 2. The summed E-state index contributed by atoms with van der Waals surface area (Å²) in [7, 11) is 0. The molecule has 0 aliphatic carbocycles. The third-order valence-electron chi connectivity index (χ3n) is 6.53. The fraction of sp³-hybridized carbons (Fsp3) is 0.280. The molecule has 7 nitrogen and oxygen atoms in total. The van der Waals surface area contributed by atoms with E-state index < -0.39 is 17.3 Å². The zero-order chi connectivity index (χ0) is 22.6. The average molecular weight is 431 g/mol. The van der Waals surface area contributed by atoms with E-state index in [1.165, 1.54) is 4.57 Å². The monoisotopic (exact) mass is 430 g/mol. The summed E-state index contributed by atoms with van der Waals surface area (Å²) in [6.45, 7) is 7.33. The standard InChI is InChI=1S/C25H26N4O3/c1-4-28-12-11-17-16-7-5-6-8-18(16)26-21(17)22(28)20-23(30)27-25(32)29(24(20)31)19-10-9-14(2)13-15(19)3/h5-10,13,22,26,31H,4,11-12H2,1-3H3,(H,27,30,32). The molecule has 0 spiro atoms. The molecule has 0 bridgehead atoms. The molecule has 3 N–H and O–H groups in total. The quantitative estimate of drug-likeness (QED) is 0.465. The molecule has 1 aliphatic heterocycles. The van der Waals surface area contributed by atoms with E-state index in [1.54, 1.807) is 6.07 Å². The summed E-state index contributed by atoms with van der Waals surface area (Å²) < 4.78 is 1.20. The number of hydrogen-bond acceptors (Lipinski definition) is 4. The SMILES string of the molecule is CCN1CCc2c([nH]c3ccccc23)C1c1c(O)n(-c2ccc(C)cc2C)c(=O)[nH]c1=O. The molecule has 0 fully saturated rings. The molecule has 0 saturated heterocycles. The lowest BCUT2D eigenvalue weighted by Crippen LogP contribution is -2.41. The fourth-order valence-electron chi connectivity index (χ4n) is 5.02. The molecule has 4 aromatic rings. The van der Waals surface area contributed by atoms with Gasteiger partial charge in [0.1, 0.15) is 5.56 Å². The van der Waals surface area contributed by atoms with Gasteiger partial charge >= 0.3 is 5.69 Å². The molecule has 3 heterocycles. The molecule has 1 unspecified atom stereocenters. The molecule has 7 heteroatoms. The van der Waals surface area contributed by atoms with Crippen molar-refractivity contribution in [3.8, 4) is 11.6 Å².